The van der Waals surface area contributed by atoms with Crippen LogP contribution in [-0.2, 0) is 10.0 Å². The van der Waals surface area contributed by atoms with Crippen LogP contribution in [-0.4, -0.2) is 54.7 Å². The van der Waals surface area contributed by atoms with Crippen molar-refractivity contribution in [3.63, 3.8) is 0 Å². The summed E-state index contributed by atoms with van der Waals surface area (Å²) in [4.78, 5) is 19.4. The third-order valence-corrected chi connectivity index (χ3v) is 8.19. The highest BCUT2D eigenvalue weighted by Crippen LogP contribution is 2.41. The molecule has 0 atom stereocenters. The Morgan fingerprint density at radius 3 is 2.50 bits per heavy atom. The summed E-state index contributed by atoms with van der Waals surface area (Å²) in [5.74, 6) is 0.461. The van der Waals surface area contributed by atoms with Crippen molar-refractivity contribution >= 4 is 38.9 Å². The van der Waals surface area contributed by atoms with E-state index in [9.17, 15) is 13.2 Å². The van der Waals surface area contributed by atoms with E-state index in [-0.39, 0.29) is 28.9 Å². The standard InChI is InChI=1S/C17H18ClN3O3S2/c18-13-3-1-2-4-15(13)26(23,24)21-9-7-20(8-10-21)17(22)14-11-19-16(25-14)12-5-6-12/h1-4,11-12H,5-10H2. The number of halogens is 1. The molecular weight excluding hydrogens is 394 g/mol. The molecule has 9 heteroatoms. The van der Waals surface area contributed by atoms with Crippen LogP contribution in [0.15, 0.2) is 35.4 Å². The molecule has 26 heavy (non-hydrogen) atoms. The number of thiazole rings is 1. The van der Waals surface area contributed by atoms with Crippen molar-refractivity contribution in [2.24, 2.45) is 0 Å². The number of carbonyl (C=O) groups is 1. The quantitative estimate of drug-likeness (QED) is 0.775. The molecule has 6 nitrogen and oxygen atoms in total. The van der Waals surface area contributed by atoms with E-state index < -0.39 is 10.0 Å². The zero-order chi connectivity index (χ0) is 18.3. The Morgan fingerprint density at radius 2 is 1.85 bits per heavy atom. The second kappa shape index (κ2) is 6.92. The first-order valence-electron chi connectivity index (χ1n) is 8.46. The molecule has 4 rings (SSSR count). The van der Waals surface area contributed by atoms with Gasteiger partial charge in [0.25, 0.3) is 5.91 Å². The fraction of sp³-hybridized carbons (Fsp3) is 0.412. The highest BCUT2D eigenvalue weighted by molar-refractivity contribution is 7.89. The summed E-state index contributed by atoms with van der Waals surface area (Å²) in [6.07, 6.45) is 3.95. The molecule has 2 aromatic rings. The Kier molecular flexibility index (Phi) is 4.77. The first-order chi connectivity index (χ1) is 12.5. The lowest BCUT2D eigenvalue weighted by molar-refractivity contribution is 0.0702. The number of sulfonamides is 1. The van der Waals surface area contributed by atoms with Gasteiger partial charge in [0.05, 0.1) is 16.2 Å². The van der Waals surface area contributed by atoms with Crippen molar-refractivity contribution in [2.75, 3.05) is 26.2 Å². The molecule has 1 aromatic heterocycles. The monoisotopic (exact) mass is 411 g/mol. The molecular formula is C17H18ClN3O3S2. The Labute approximate surface area is 161 Å². The second-order valence-corrected chi connectivity index (χ2v) is 9.84. The molecule has 0 unspecified atom stereocenters. The minimum absolute atomic E-state index is 0.0656. The Balaban J connectivity index is 1.43. The predicted molar refractivity (Wildman–Crippen MR) is 100 cm³/mol. The molecule has 2 aliphatic rings. The maximum Gasteiger partial charge on any atom is 0.265 e. The molecule has 2 fully saturated rings. The largest absolute Gasteiger partial charge is 0.335 e. The minimum Gasteiger partial charge on any atom is -0.335 e. The minimum atomic E-state index is -3.65. The van der Waals surface area contributed by atoms with Crippen LogP contribution < -0.4 is 0 Å². The normalized spacial score (nSPS) is 18.9. The Hall–Kier alpha value is -1.48. The first kappa shape index (κ1) is 17.9. The van der Waals surface area contributed by atoms with Crippen molar-refractivity contribution in [2.45, 2.75) is 23.7 Å². The first-order valence-corrected chi connectivity index (χ1v) is 11.1. The maximum atomic E-state index is 12.8. The van der Waals surface area contributed by atoms with Crippen LogP contribution in [0.4, 0.5) is 0 Å². The Bertz CT molecular complexity index is 932. The van der Waals surface area contributed by atoms with E-state index in [2.05, 4.69) is 4.98 Å². The van der Waals surface area contributed by atoms with Crippen LogP contribution in [0.1, 0.15) is 33.4 Å². The number of aromatic nitrogens is 1. The van der Waals surface area contributed by atoms with E-state index in [0.29, 0.717) is 23.9 Å². The third-order valence-electron chi connectivity index (χ3n) is 4.64. The molecule has 138 valence electrons. The van der Waals surface area contributed by atoms with E-state index >= 15 is 0 Å². The molecule has 0 bridgehead atoms. The van der Waals surface area contributed by atoms with E-state index in [0.717, 1.165) is 17.8 Å². The van der Waals surface area contributed by atoms with Crippen molar-refractivity contribution in [3.05, 3.63) is 45.4 Å². The van der Waals surface area contributed by atoms with Crippen LogP contribution in [0.3, 0.4) is 0 Å². The lowest BCUT2D eigenvalue weighted by Crippen LogP contribution is -2.50. The van der Waals surface area contributed by atoms with Crippen LogP contribution >= 0.6 is 22.9 Å². The highest BCUT2D eigenvalue weighted by Gasteiger charge is 2.33. The summed E-state index contributed by atoms with van der Waals surface area (Å²) < 4.78 is 26.9. The van der Waals surface area contributed by atoms with Crippen LogP contribution in [0.2, 0.25) is 5.02 Å². The van der Waals surface area contributed by atoms with Gasteiger partial charge < -0.3 is 4.90 Å². The Morgan fingerprint density at radius 1 is 1.15 bits per heavy atom. The number of piperazine rings is 1. The fourth-order valence-corrected chi connectivity index (χ4v) is 5.96. The molecule has 1 saturated carbocycles. The van der Waals surface area contributed by atoms with Crippen LogP contribution in [0, 0.1) is 0 Å². The second-order valence-electron chi connectivity index (χ2n) is 6.46. The molecule has 0 radical (unpaired) electrons. The van der Waals surface area contributed by atoms with E-state index in [1.807, 2.05) is 0 Å². The van der Waals surface area contributed by atoms with Crippen molar-refractivity contribution in [1.82, 2.24) is 14.2 Å². The molecule has 0 spiro atoms. The summed E-state index contributed by atoms with van der Waals surface area (Å²) in [5, 5.41) is 1.25. The molecule has 1 aliphatic carbocycles. The lowest BCUT2D eigenvalue weighted by Gasteiger charge is -2.33. The average Bonchev–Trinajstić information content (AvgIpc) is 3.38. The van der Waals surface area contributed by atoms with Gasteiger partial charge >= 0.3 is 0 Å². The van der Waals surface area contributed by atoms with E-state index in [1.54, 1.807) is 29.3 Å². The number of benzene rings is 1. The molecule has 1 saturated heterocycles. The predicted octanol–water partition coefficient (Wildman–Crippen LogP) is 2.82. The van der Waals surface area contributed by atoms with Gasteiger partial charge in [0.2, 0.25) is 10.0 Å². The van der Waals surface area contributed by atoms with Crippen molar-refractivity contribution < 1.29 is 13.2 Å². The average molecular weight is 412 g/mol. The van der Waals surface area contributed by atoms with Gasteiger partial charge in [-0.15, -0.1) is 11.3 Å². The van der Waals surface area contributed by atoms with Crippen molar-refractivity contribution in [1.29, 1.82) is 0 Å². The third kappa shape index (κ3) is 3.38. The van der Waals surface area contributed by atoms with Gasteiger partial charge in [-0.05, 0) is 25.0 Å². The smallest absolute Gasteiger partial charge is 0.265 e. The number of hydrogen-bond donors (Lipinski definition) is 0. The summed E-state index contributed by atoms with van der Waals surface area (Å²) in [7, 11) is -3.65. The van der Waals surface area contributed by atoms with Gasteiger partial charge in [-0.3, -0.25) is 4.79 Å². The summed E-state index contributed by atoms with van der Waals surface area (Å²) >= 11 is 7.50. The molecule has 0 N–H and O–H groups in total. The van der Waals surface area contributed by atoms with Gasteiger partial charge in [-0.1, -0.05) is 23.7 Å². The van der Waals surface area contributed by atoms with Gasteiger partial charge in [0, 0.05) is 32.1 Å². The number of hydrogen-bond acceptors (Lipinski definition) is 5. The topological polar surface area (TPSA) is 70.6 Å². The SMILES string of the molecule is O=C(c1cnc(C2CC2)s1)N1CCN(S(=O)(=O)c2ccccc2Cl)CC1. The summed E-state index contributed by atoms with van der Waals surface area (Å²) in [5.41, 5.74) is 0. The van der Waals surface area contributed by atoms with E-state index in [1.165, 1.54) is 21.7 Å². The summed E-state index contributed by atoms with van der Waals surface area (Å²) in [6, 6.07) is 6.42. The number of rotatable bonds is 4. The maximum absolute atomic E-state index is 12.8. The molecule has 1 aliphatic heterocycles. The van der Waals surface area contributed by atoms with Gasteiger partial charge in [0.15, 0.2) is 0 Å². The molecule has 1 aromatic carbocycles. The van der Waals surface area contributed by atoms with Gasteiger partial charge in [-0.25, -0.2) is 13.4 Å². The number of nitrogens with zero attached hydrogens (tertiary/aromatic N) is 3. The number of amides is 1. The zero-order valence-electron chi connectivity index (χ0n) is 14.0. The molecule has 1 amide bonds. The van der Waals surface area contributed by atoms with Crippen LogP contribution in [0.25, 0.3) is 0 Å². The lowest BCUT2D eigenvalue weighted by atomic mass is 10.3. The summed E-state index contributed by atoms with van der Waals surface area (Å²) in [6.45, 7) is 1.24. The number of carbonyl (C=O) groups excluding carboxylic acids is 1. The zero-order valence-corrected chi connectivity index (χ0v) is 16.4. The van der Waals surface area contributed by atoms with Gasteiger partial charge in [-0.2, -0.15) is 4.31 Å². The van der Waals surface area contributed by atoms with Crippen LogP contribution in [0.5, 0.6) is 0 Å². The van der Waals surface area contributed by atoms with E-state index in [4.69, 9.17) is 11.6 Å². The highest BCUT2D eigenvalue weighted by atomic mass is 35.5. The molecule has 2 heterocycles. The fourth-order valence-electron chi connectivity index (χ4n) is 2.99. The van der Waals surface area contributed by atoms with Gasteiger partial charge in [0.1, 0.15) is 9.77 Å². The van der Waals surface area contributed by atoms with Crippen molar-refractivity contribution in [3.8, 4) is 0 Å².